The Morgan fingerprint density at radius 2 is 1.50 bits per heavy atom. The van der Waals surface area contributed by atoms with Crippen LogP contribution in [-0.2, 0) is 9.59 Å². The van der Waals surface area contributed by atoms with Crippen molar-refractivity contribution in [3.8, 4) is 0 Å². The average Bonchev–Trinajstić information content (AvgIpc) is 2.35. The molecule has 2 N–H and O–H groups in total. The van der Waals surface area contributed by atoms with E-state index in [2.05, 4.69) is 12.2 Å². The summed E-state index contributed by atoms with van der Waals surface area (Å²) in [6.07, 6.45) is 7.02. The molecule has 0 atom stereocenters. The number of carbonyl (C=O) groups is 2. The lowest BCUT2D eigenvalue weighted by Gasteiger charge is -2.06. The lowest BCUT2D eigenvalue weighted by atomic mass is 10.1. The fourth-order valence-electron chi connectivity index (χ4n) is 1.57. The van der Waals surface area contributed by atoms with Crippen molar-refractivity contribution in [1.29, 1.82) is 0 Å². The van der Waals surface area contributed by atoms with Crippen molar-refractivity contribution in [2.45, 2.75) is 59.3 Å². The predicted molar refractivity (Wildman–Crippen MR) is 72.4 cm³/mol. The number of amides is 1. The van der Waals surface area contributed by atoms with Crippen molar-refractivity contribution in [3.63, 3.8) is 0 Å². The van der Waals surface area contributed by atoms with E-state index in [0.717, 1.165) is 12.8 Å². The average molecular weight is 255 g/mol. The Balaban J connectivity index is 3.78. The van der Waals surface area contributed by atoms with Crippen LogP contribution in [-0.4, -0.2) is 23.5 Å². The second-order valence-electron chi connectivity index (χ2n) is 4.58. The number of aliphatic carboxylic acids is 1. The summed E-state index contributed by atoms with van der Waals surface area (Å²) in [7, 11) is 0. The van der Waals surface area contributed by atoms with E-state index in [4.69, 9.17) is 5.11 Å². The second kappa shape index (κ2) is 9.68. The highest BCUT2D eigenvalue weighted by molar-refractivity contribution is 6.01. The third-order valence-electron chi connectivity index (χ3n) is 3.04. The quantitative estimate of drug-likeness (QED) is 0.492. The molecule has 0 aliphatic carbocycles. The van der Waals surface area contributed by atoms with Gasteiger partial charge in [0.25, 0.3) is 0 Å². The molecule has 0 bridgehead atoms. The van der Waals surface area contributed by atoms with E-state index in [1.54, 1.807) is 6.92 Å². The number of hydrogen-bond donors (Lipinski definition) is 2. The smallest absolute Gasteiger partial charge is 0.331 e. The van der Waals surface area contributed by atoms with E-state index in [1.807, 2.05) is 0 Å². The largest absolute Gasteiger partial charge is 0.478 e. The molecular weight excluding hydrogens is 230 g/mol. The van der Waals surface area contributed by atoms with E-state index in [9.17, 15) is 9.59 Å². The fourth-order valence-corrected chi connectivity index (χ4v) is 1.57. The molecule has 0 fully saturated rings. The zero-order valence-electron chi connectivity index (χ0n) is 11.7. The summed E-state index contributed by atoms with van der Waals surface area (Å²) in [5.74, 6) is -1.31. The molecule has 0 saturated heterocycles. The van der Waals surface area contributed by atoms with E-state index in [-0.39, 0.29) is 17.1 Å². The number of hydrogen-bond acceptors (Lipinski definition) is 2. The van der Waals surface area contributed by atoms with Crippen molar-refractivity contribution in [2.75, 3.05) is 6.54 Å². The Labute approximate surface area is 109 Å². The molecule has 1 amide bonds. The SMILES string of the molecule is CCCCCCCCNC(=O)C(C)=C(C)C(=O)O. The standard InChI is InChI=1S/C14H25NO3/c1-4-5-6-7-8-9-10-15-13(16)11(2)12(3)14(17)18/h4-10H2,1-3H3,(H,15,16)(H,17,18). The summed E-state index contributed by atoms with van der Waals surface area (Å²) in [4.78, 5) is 22.3. The van der Waals surface area contributed by atoms with Crippen LogP contribution < -0.4 is 5.32 Å². The van der Waals surface area contributed by atoms with Gasteiger partial charge in [0.15, 0.2) is 0 Å². The van der Waals surface area contributed by atoms with Crippen LogP contribution in [0, 0.1) is 0 Å². The van der Waals surface area contributed by atoms with Crippen molar-refractivity contribution in [3.05, 3.63) is 11.1 Å². The summed E-state index contributed by atoms with van der Waals surface area (Å²) >= 11 is 0. The van der Waals surface area contributed by atoms with E-state index < -0.39 is 5.97 Å². The summed E-state index contributed by atoms with van der Waals surface area (Å²) in [5.41, 5.74) is 0.393. The molecule has 0 aromatic heterocycles. The number of nitrogens with one attached hydrogen (secondary N) is 1. The first-order valence-electron chi connectivity index (χ1n) is 6.69. The fraction of sp³-hybridized carbons (Fsp3) is 0.714. The first-order valence-corrected chi connectivity index (χ1v) is 6.69. The van der Waals surface area contributed by atoms with Gasteiger partial charge in [-0.2, -0.15) is 0 Å². The van der Waals surface area contributed by atoms with Gasteiger partial charge < -0.3 is 10.4 Å². The number of rotatable bonds is 9. The topological polar surface area (TPSA) is 66.4 Å². The van der Waals surface area contributed by atoms with Gasteiger partial charge in [-0.05, 0) is 20.3 Å². The number of carboxylic acid groups (broad SMARTS) is 1. The van der Waals surface area contributed by atoms with Gasteiger partial charge in [-0.1, -0.05) is 39.0 Å². The number of unbranched alkanes of at least 4 members (excludes halogenated alkanes) is 5. The van der Waals surface area contributed by atoms with Gasteiger partial charge in [0.05, 0.1) is 0 Å². The van der Waals surface area contributed by atoms with Gasteiger partial charge in [-0.15, -0.1) is 0 Å². The highest BCUT2D eigenvalue weighted by atomic mass is 16.4. The van der Waals surface area contributed by atoms with Gasteiger partial charge >= 0.3 is 5.97 Å². The zero-order chi connectivity index (χ0) is 14.0. The maximum atomic E-state index is 11.6. The molecule has 4 heteroatoms. The van der Waals surface area contributed by atoms with Crippen LogP contribution in [0.1, 0.15) is 59.3 Å². The highest BCUT2D eigenvalue weighted by Crippen LogP contribution is 2.05. The Bertz CT molecular complexity index is 308. The van der Waals surface area contributed by atoms with Gasteiger partial charge in [-0.25, -0.2) is 4.79 Å². The van der Waals surface area contributed by atoms with E-state index in [1.165, 1.54) is 32.6 Å². The van der Waals surface area contributed by atoms with Crippen LogP contribution in [0.4, 0.5) is 0 Å². The van der Waals surface area contributed by atoms with Crippen molar-refractivity contribution >= 4 is 11.9 Å². The Kier molecular flexibility index (Phi) is 8.97. The van der Waals surface area contributed by atoms with Crippen LogP contribution in [0.15, 0.2) is 11.1 Å². The Morgan fingerprint density at radius 3 is 2.06 bits per heavy atom. The third-order valence-corrected chi connectivity index (χ3v) is 3.04. The summed E-state index contributed by atoms with van der Waals surface area (Å²) in [6.45, 7) is 5.79. The van der Waals surface area contributed by atoms with Crippen LogP contribution >= 0.6 is 0 Å². The van der Waals surface area contributed by atoms with Gasteiger partial charge in [0, 0.05) is 17.7 Å². The number of carbonyl (C=O) groups excluding carboxylic acids is 1. The molecule has 0 radical (unpaired) electrons. The molecule has 0 aliphatic heterocycles. The van der Waals surface area contributed by atoms with Gasteiger partial charge in [0.1, 0.15) is 0 Å². The predicted octanol–water partition coefficient (Wildman–Crippen LogP) is 2.88. The normalized spacial score (nSPS) is 11.9. The molecule has 0 rings (SSSR count). The Hall–Kier alpha value is -1.32. The monoisotopic (exact) mass is 255 g/mol. The zero-order valence-corrected chi connectivity index (χ0v) is 11.7. The molecule has 0 aromatic carbocycles. The van der Waals surface area contributed by atoms with Crippen molar-refractivity contribution < 1.29 is 14.7 Å². The molecule has 4 nitrogen and oxygen atoms in total. The van der Waals surface area contributed by atoms with Gasteiger partial charge in [0.2, 0.25) is 5.91 Å². The summed E-state index contributed by atoms with van der Waals surface area (Å²) in [6, 6.07) is 0. The minimum atomic E-state index is -1.04. The van der Waals surface area contributed by atoms with E-state index >= 15 is 0 Å². The van der Waals surface area contributed by atoms with Gasteiger partial charge in [-0.3, -0.25) is 4.79 Å². The van der Waals surface area contributed by atoms with Crippen LogP contribution in [0.25, 0.3) is 0 Å². The molecule has 0 unspecified atom stereocenters. The van der Waals surface area contributed by atoms with Crippen LogP contribution in [0.5, 0.6) is 0 Å². The summed E-state index contributed by atoms with van der Waals surface area (Å²) in [5, 5.41) is 11.5. The molecule has 104 valence electrons. The number of carboxylic acids is 1. The molecule has 0 aromatic rings. The molecule has 0 aliphatic rings. The van der Waals surface area contributed by atoms with Crippen LogP contribution in [0.3, 0.4) is 0 Å². The third kappa shape index (κ3) is 7.09. The second-order valence-corrected chi connectivity index (χ2v) is 4.58. The van der Waals surface area contributed by atoms with E-state index in [0.29, 0.717) is 6.54 Å². The molecule has 0 saturated carbocycles. The van der Waals surface area contributed by atoms with Crippen LogP contribution in [0.2, 0.25) is 0 Å². The first kappa shape index (κ1) is 16.7. The highest BCUT2D eigenvalue weighted by Gasteiger charge is 2.11. The molecule has 0 heterocycles. The minimum Gasteiger partial charge on any atom is -0.478 e. The molecule has 18 heavy (non-hydrogen) atoms. The maximum absolute atomic E-state index is 11.6. The molecule has 0 spiro atoms. The Morgan fingerprint density at radius 1 is 0.944 bits per heavy atom. The lowest BCUT2D eigenvalue weighted by Crippen LogP contribution is -2.26. The minimum absolute atomic E-state index is 0.107. The summed E-state index contributed by atoms with van der Waals surface area (Å²) < 4.78 is 0. The first-order chi connectivity index (χ1) is 8.50. The molecular formula is C14H25NO3. The van der Waals surface area contributed by atoms with Crippen molar-refractivity contribution in [1.82, 2.24) is 5.32 Å². The lowest BCUT2D eigenvalue weighted by molar-refractivity contribution is -0.133. The maximum Gasteiger partial charge on any atom is 0.331 e. The van der Waals surface area contributed by atoms with Crippen molar-refractivity contribution in [2.24, 2.45) is 0 Å².